The molecule has 0 bridgehead atoms. The first-order chi connectivity index (χ1) is 12.4. The molecule has 2 rings (SSSR count). The molecule has 0 atom stereocenters. The molecule has 0 saturated heterocycles. The van der Waals surface area contributed by atoms with Gasteiger partial charge in [0.05, 0.1) is 16.7 Å². The van der Waals surface area contributed by atoms with Crippen molar-refractivity contribution in [2.75, 3.05) is 18.5 Å². The number of esters is 1. The first-order valence-electron chi connectivity index (χ1n) is 7.59. The molecular weight excluding hydrogens is 447 g/mol. The van der Waals surface area contributed by atoms with Crippen molar-refractivity contribution in [1.82, 2.24) is 4.98 Å². The zero-order valence-corrected chi connectivity index (χ0v) is 16.6. The number of amides is 1. The Kier molecular flexibility index (Phi) is 8.15. The summed E-state index contributed by atoms with van der Waals surface area (Å²) in [7, 11) is 0. The third kappa shape index (κ3) is 7.19. The van der Waals surface area contributed by atoms with Crippen molar-refractivity contribution in [1.29, 1.82) is 0 Å². The Hall–Kier alpha value is -1.83. The summed E-state index contributed by atoms with van der Waals surface area (Å²) in [5.74, 6) is -0.174. The van der Waals surface area contributed by atoms with Crippen LogP contribution in [0.4, 0.5) is 5.82 Å². The summed E-state index contributed by atoms with van der Waals surface area (Å²) < 4.78 is 11.3. The highest BCUT2D eigenvalue weighted by Gasteiger charge is 2.11. The van der Waals surface area contributed by atoms with Crippen molar-refractivity contribution in [3.05, 3.63) is 51.0 Å². The van der Waals surface area contributed by atoms with E-state index in [9.17, 15) is 9.59 Å². The molecule has 0 aliphatic heterocycles. The molecule has 0 spiro atoms. The molecule has 0 aliphatic carbocycles. The molecule has 0 unspecified atom stereocenters. The molecular formula is C17H15BrCl2N2O4. The highest BCUT2D eigenvalue weighted by atomic mass is 79.9. The van der Waals surface area contributed by atoms with Gasteiger partial charge in [0, 0.05) is 17.1 Å². The topological polar surface area (TPSA) is 77.5 Å². The molecule has 26 heavy (non-hydrogen) atoms. The van der Waals surface area contributed by atoms with E-state index in [-0.39, 0.29) is 17.3 Å². The lowest BCUT2D eigenvalue weighted by molar-refractivity contribution is -0.147. The zero-order chi connectivity index (χ0) is 18.9. The number of anilines is 1. The summed E-state index contributed by atoms with van der Waals surface area (Å²) >= 11 is 15.0. The minimum atomic E-state index is -0.541. The highest BCUT2D eigenvalue weighted by Crippen LogP contribution is 2.22. The zero-order valence-electron chi connectivity index (χ0n) is 13.5. The van der Waals surface area contributed by atoms with Crippen LogP contribution in [-0.2, 0) is 14.3 Å². The Labute approximate surface area is 168 Å². The van der Waals surface area contributed by atoms with Crippen LogP contribution < -0.4 is 10.1 Å². The van der Waals surface area contributed by atoms with E-state index in [1.807, 2.05) is 24.3 Å². The van der Waals surface area contributed by atoms with Gasteiger partial charge in [-0.2, -0.15) is 0 Å². The normalized spacial score (nSPS) is 10.3. The maximum Gasteiger partial charge on any atom is 0.306 e. The van der Waals surface area contributed by atoms with Gasteiger partial charge in [0.25, 0.3) is 5.91 Å². The van der Waals surface area contributed by atoms with Gasteiger partial charge in [-0.1, -0.05) is 45.2 Å². The Bertz CT molecular complexity index is 789. The van der Waals surface area contributed by atoms with E-state index >= 15 is 0 Å². The number of carbonyl (C=O) groups excluding carboxylic acids is 2. The summed E-state index contributed by atoms with van der Waals surface area (Å²) in [4.78, 5) is 27.3. The summed E-state index contributed by atoms with van der Waals surface area (Å²) in [6.07, 6.45) is 1.96. The number of ether oxygens (including phenoxy) is 2. The number of nitrogens with one attached hydrogen (secondary N) is 1. The second-order valence-electron chi connectivity index (χ2n) is 5.10. The molecule has 138 valence electrons. The standard InChI is InChI=1S/C17H15BrCl2N2O4/c18-11-3-1-4-13(7-11)25-6-2-5-16(24)26-10-15(23)22-17-14(20)8-12(19)9-21-17/h1,3-4,7-9H,2,5-6,10H2,(H,21,22,23). The van der Waals surface area contributed by atoms with E-state index < -0.39 is 18.5 Å². The molecule has 2 aromatic rings. The number of aromatic nitrogens is 1. The van der Waals surface area contributed by atoms with Crippen LogP contribution in [0.25, 0.3) is 0 Å². The van der Waals surface area contributed by atoms with Crippen molar-refractivity contribution >= 4 is 56.8 Å². The molecule has 1 heterocycles. The molecule has 0 radical (unpaired) electrons. The van der Waals surface area contributed by atoms with Gasteiger partial charge in [0.15, 0.2) is 12.4 Å². The lowest BCUT2D eigenvalue weighted by atomic mass is 10.3. The Morgan fingerprint density at radius 3 is 2.77 bits per heavy atom. The van der Waals surface area contributed by atoms with Crippen molar-refractivity contribution in [2.24, 2.45) is 0 Å². The van der Waals surface area contributed by atoms with Crippen LogP contribution in [0.5, 0.6) is 5.75 Å². The minimum Gasteiger partial charge on any atom is -0.494 e. The quantitative estimate of drug-likeness (QED) is 0.462. The van der Waals surface area contributed by atoms with Gasteiger partial charge in [-0.3, -0.25) is 9.59 Å². The van der Waals surface area contributed by atoms with E-state index in [1.54, 1.807) is 0 Å². The molecule has 0 aliphatic rings. The number of hydrogen-bond donors (Lipinski definition) is 1. The van der Waals surface area contributed by atoms with Crippen LogP contribution in [0.15, 0.2) is 41.0 Å². The van der Waals surface area contributed by atoms with Gasteiger partial charge in [0.2, 0.25) is 0 Å². The number of hydrogen-bond acceptors (Lipinski definition) is 5. The maximum atomic E-state index is 11.8. The number of pyridine rings is 1. The predicted octanol–water partition coefficient (Wildman–Crippen LogP) is 4.49. The van der Waals surface area contributed by atoms with Crippen LogP contribution in [0.1, 0.15) is 12.8 Å². The summed E-state index contributed by atoms with van der Waals surface area (Å²) in [5.41, 5.74) is 0. The maximum absolute atomic E-state index is 11.8. The van der Waals surface area contributed by atoms with Crippen molar-refractivity contribution < 1.29 is 19.1 Å². The molecule has 6 nitrogen and oxygen atoms in total. The molecule has 1 aromatic heterocycles. The van der Waals surface area contributed by atoms with Crippen molar-refractivity contribution in [3.8, 4) is 5.75 Å². The largest absolute Gasteiger partial charge is 0.494 e. The van der Waals surface area contributed by atoms with Crippen LogP contribution in [0.2, 0.25) is 10.0 Å². The first kappa shape index (κ1) is 20.5. The van der Waals surface area contributed by atoms with Gasteiger partial charge in [-0.25, -0.2) is 4.98 Å². The lowest BCUT2D eigenvalue weighted by Crippen LogP contribution is -2.21. The molecule has 1 aromatic carbocycles. The molecule has 0 saturated carbocycles. The Morgan fingerprint density at radius 2 is 2.04 bits per heavy atom. The van der Waals surface area contributed by atoms with Crippen molar-refractivity contribution in [3.63, 3.8) is 0 Å². The van der Waals surface area contributed by atoms with Gasteiger partial charge in [-0.15, -0.1) is 0 Å². The van der Waals surface area contributed by atoms with Gasteiger partial charge < -0.3 is 14.8 Å². The van der Waals surface area contributed by atoms with E-state index in [0.29, 0.717) is 23.8 Å². The highest BCUT2D eigenvalue weighted by molar-refractivity contribution is 9.10. The average molecular weight is 462 g/mol. The van der Waals surface area contributed by atoms with E-state index in [0.717, 1.165) is 4.47 Å². The number of carbonyl (C=O) groups is 2. The van der Waals surface area contributed by atoms with E-state index in [2.05, 4.69) is 26.2 Å². The molecule has 1 amide bonds. The number of nitrogens with zero attached hydrogens (tertiary/aromatic N) is 1. The van der Waals surface area contributed by atoms with Crippen LogP contribution >= 0.6 is 39.1 Å². The smallest absolute Gasteiger partial charge is 0.306 e. The molecule has 9 heteroatoms. The summed E-state index contributed by atoms with van der Waals surface area (Å²) in [6.45, 7) is -0.0615. The van der Waals surface area contributed by atoms with Crippen molar-refractivity contribution in [2.45, 2.75) is 12.8 Å². The lowest BCUT2D eigenvalue weighted by Gasteiger charge is -2.08. The van der Waals surface area contributed by atoms with E-state index in [1.165, 1.54) is 12.3 Å². The van der Waals surface area contributed by atoms with Crippen LogP contribution in [0, 0.1) is 0 Å². The fourth-order valence-electron chi connectivity index (χ4n) is 1.86. The third-order valence-electron chi connectivity index (χ3n) is 3.02. The third-order valence-corrected chi connectivity index (χ3v) is 4.01. The summed E-state index contributed by atoms with van der Waals surface area (Å²) in [5, 5.41) is 2.99. The predicted molar refractivity (Wildman–Crippen MR) is 103 cm³/mol. The second-order valence-corrected chi connectivity index (χ2v) is 6.86. The minimum absolute atomic E-state index is 0.140. The Balaban J connectivity index is 1.64. The van der Waals surface area contributed by atoms with Gasteiger partial charge >= 0.3 is 5.97 Å². The van der Waals surface area contributed by atoms with Gasteiger partial charge in [-0.05, 0) is 30.7 Å². The summed E-state index contributed by atoms with van der Waals surface area (Å²) in [6, 6.07) is 8.85. The number of benzene rings is 1. The number of halogens is 3. The Morgan fingerprint density at radius 1 is 1.23 bits per heavy atom. The molecule has 0 fully saturated rings. The molecule has 1 N–H and O–H groups in total. The fourth-order valence-corrected chi connectivity index (χ4v) is 2.66. The number of rotatable bonds is 8. The average Bonchev–Trinajstić information content (AvgIpc) is 2.59. The van der Waals surface area contributed by atoms with Crippen LogP contribution in [0.3, 0.4) is 0 Å². The second kappa shape index (κ2) is 10.4. The first-order valence-corrected chi connectivity index (χ1v) is 9.14. The monoisotopic (exact) mass is 460 g/mol. The van der Waals surface area contributed by atoms with Gasteiger partial charge in [0.1, 0.15) is 5.75 Å². The SMILES string of the molecule is O=C(COC(=O)CCCOc1cccc(Br)c1)Nc1ncc(Cl)cc1Cl. The van der Waals surface area contributed by atoms with E-state index in [4.69, 9.17) is 32.7 Å². The fraction of sp³-hybridized carbons (Fsp3) is 0.235. The van der Waals surface area contributed by atoms with Crippen LogP contribution in [-0.4, -0.2) is 30.1 Å².